The number of nitrogens with zero attached hydrogens (tertiary/aromatic N) is 4. The lowest BCUT2D eigenvalue weighted by atomic mass is 9.87. The van der Waals surface area contributed by atoms with Gasteiger partial charge in [-0.25, -0.2) is 4.79 Å². The van der Waals surface area contributed by atoms with E-state index in [0.717, 1.165) is 35.2 Å². The molecule has 1 aliphatic heterocycles. The lowest BCUT2D eigenvalue weighted by Gasteiger charge is -2.29. The summed E-state index contributed by atoms with van der Waals surface area (Å²) in [5.74, 6) is 0.386. The van der Waals surface area contributed by atoms with E-state index in [-0.39, 0.29) is 31.4 Å². The number of aromatic nitrogens is 3. The fourth-order valence-corrected chi connectivity index (χ4v) is 6.45. The summed E-state index contributed by atoms with van der Waals surface area (Å²) in [6.45, 7) is 1.70. The Morgan fingerprint density at radius 3 is 2.53 bits per heavy atom. The highest BCUT2D eigenvalue weighted by Gasteiger charge is 2.46. The van der Waals surface area contributed by atoms with Gasteiger partial charge in [0.1, 0.15) is 30.0 Å². The Kier molecular flexibility index (Phi) is 9.28. The Hall–Kier alpha value is -4.74. The van der Waals surface area contributed by atoms with Crippen LogP contribution in [-0.2, 0) is 16.1 Å². The third-order valence-electron chi connectivity index (χ3n) is 8.88. The predicted octanol–water partition coefficient (Wildman–Crippen LogP) is 5.22. The van der Waals surface area contributed by atoms with Gasteiger partial charge >= 0.3 is 5.97 Å². The van der Waals surface area contributed by atoms with Crippen molar-refractivity contribution in [1.29, 1.82) is 0 Å². The van der Waals surface area contributed by atoms with E-state index >= 15 is 0 Å². The number of fused-ring (bicyclic) bond motifs is 3. The Morgan fingerprint density at radius 2 is 1.81 bits per heavy atom. The molecule has 47 heavy (non-hydrogen) atoms. The lowest BCUT2D eigenvalue weighted by molar-refractivity contribution is -0.169. The first-order valence-corrected chi connectivity index (χ1v) is 15.9. The van der Waals surface area contributed by atoms with Crippen LogP contribution in [0.15, 0.2) is 71.7 Å². The van der Waals surface area contributed by atoms with Crippen molar-refractivity contribution < 1.29 is 29.3 Å². The molecule has 12 heteroatoms. The second kappa shape index (κ2) is 13.5. The molecule has 1 saturated carbocycles. The Labute approximate surface area is 277 Å². The normalized spacial score (nSPS) is 17.1. The van der Waals surface area contributed by atoms with Crippen molar-refractivity contribution in [3.8, 4) is 17.2 Å². The van der Waals surface area contributed by atoms with Crippen LogP contribution in [0.5, 0.6) is 11.5 Å². The summed E-state index contributed by atoms with van der Waals surface area (Å²) in [5, 5.41) is 33.0. The number of carboxylic acid groups (broad SMARTS) is 1. The van der Waals surface area contributed by atoms with Crippen LogP contribution in [0.25, 0.3) is 5.69 Å². The van der Waals surface area contributed by atoms with E-state index in [1.165, 1.54) is 0 Å². The molecule has 2 aliphatic rings. The van der Waals surface area contributed by atoms with E-state index in [1.807, 2.05) is 47.9 Å². The SMILES string of the molecule is COc1ccc2c(c1)C(c1ccc(Cl)cc1)=N[C@@H](CC(=O)NCc1cccc(OCC(O)(C(=O)O)C3CCCC3)c1)c1nnc(C)n1-2. The predicted molar refractivity (Wildman–Crippen MR) is 175 cm³/mol. The van der Waals surface area contributed by atoms with E-state index in [2.05, 4.69) is 15.5 Å². The molecule has 0 saturated heterocycles. The molecule has 1 fully saturated rings. The first-order chi connectivity index (χ1) is 22.7. The zero-order valence-corrected chi connectivity index (χ0v) is 26.9. The first-order valence-electron chi connectivity index (χ1n) is 15.5. The number of benzene rings is 3. The van der Waals surface area contributed by atoms with Crippen molar-refractivity contribution in [3.05, 3.63) is 100 Å². The molecule has 11 nitrogen and oxygen atoms in total. The fourth-order valence-electron chi connectivity index (χ4n) is 6.32. The Morgan fingerprint density at radius 1 is 1.04 bits per heavy atom. The van der Waals surface area contributed by atoms with Crippen molar-refractivity contribution >= 4 is 29.2 Å². The van der Waals surface area contributed by atoms with Crippen LogP contribution in [0, 0.1) is 12.8 Å². The summed E-state index contributed by atoms with van der Waals surface area (Å²) in [6.07, 6.45) is 3.10. The molecule has 1 aromatic heterocycles. The van der Waals surface area contributed by atoms with Crippen LogP contribution in [0.4, 0.5) is 0 Å². The molecular weight excluding hydrogens is 622 g/mol. The molecule has 0 radical (unpaired) electrons. The summed E-state index contributed by atoms with van der Waals surface area (Å²) in [4.78, 5) is 30.5. The van der Waals surface area contributed by atoms with Gasteiger partial charge in [-0.05, 0) is 67.8 Å². The van der Waals surface area contributed by atoms with Gasteiger partial charge in [-0.15, -0.1) is 10.2 Å². The number of aryl methyl sites for hydroxylation is 1. The number of carbonyl (C=O) groups excluding carboxylic acids is 1. The maximum atomic E-state index is 13.4. The van der Waals surface area contributed by atoms with Crippen LogP contribution < -0.4 is 14.8 Å². The summed E-state index contributed by atoms with van der Waals surface area (Å²) >= 11 is 6.20. The standard InChI is InChI=1S/C35H36ClN5O6/c1-21-39-40-33-29(38-32(23-10-12-25(36)13-11-23)28-17-26(46-2)14-15-30(28)41(21)33)18-31(42)37-19-22-6-5-9-27(16-22)47-20-35(45,34(43)44)24-7-3-4-8-24/h5-6,9-17,24,29,45H,3-4,7-8,18-20H2,1-2H3,(H,37,42)(H,43,44)/t29-,35?/m0/s1. The average molecular weight is 658 g/mol. The molecule has 2 heterocycles. The third kappa shape index (κ3) is 6.72. The minimum atomic E-state index is -1.95. The van der Waals surface area contributed by atoms with Crippen LogP contribution in [0.3, 0.4) is 0 Å². The molecule has 2 atom stereocenters. The van der Waals surface area contributed by atoms with Crippen molar-refractivity contribution in [3.63, 3.8) is 0 Å². The number of halogens is 1. The van der Waals surface area contributed by atoms with E-state index in [0.29, 0.717) is 46.7 Å². The number of methoxy groups -OCH3 is 1. The number of aliphatic carboxylic acids is 1. The first kappa shape index (κ1) is 32.2. The molecule has 4 aromatic rings. The van der Waals surface area contributed by atoms with Gasteiger partial charge in [0.25, 0.3) is 0 Å². The summed E-state index contributed by atoms with van der Waals surface area (Å²) in [7, 11) is 1.61. The van der Waals surface area contributed by atoms with Crippen molar-refractivity contribution in [2.75, 3.05) is 13.7 Å². The molecule has 1 unspecified atom stereocenters. The van der Waals surface area contributed by atoms with Crippen LogP contribution >= 0.6 is 11.6 Å². The van der Waals surface area contributed by atoms with Gasteiger partial charge in [-0.3, -0.25) is 14.4 Å². The van der Waals surface area contributed by atoms with E-state index in [9.17, 15) is 19.8 Å². The smallest absolute Gasteiger partial charge is 0.339 e. The molecular formula is C35H36ClN5O6. The number of rotatable bonds is 11. The number of amides is 1. The van der Waals surface area contributed by atoms with Crippen molar-refractivity contribution in [1.82, 2.24) is 20.1 Å². The zero-order valence-electron chi connectivity index (χ0n) is 26.1. The van der Waals surface area contributed by atoms with Crippen LogP contribution in [-0.4, -0.2) is 61.9 Å². The zero-order chi connectivity index (χ0) is 33.1. The van der Waals surface area contributed by atoms with E-state index in [1.54, 1.807) is 37.4 Å². The summed E-state index contributed by atoms with van der Waals surface area (Å²) < 4.78 is 13.2. The van der Waals surface area contributed by atoms with Crippen LogP contribution in [0.2, 0.25) is 5.02 Å². The van der Waals surface area contributed by atoms with Gasteiger partial charge < -0.3 is 25.0 Å². The highest BCUT2D eigenvalue weighted by Crippen LogP contribution is 2.36. The van der Waals surface area contributed by atoms with Gasteiger partial charge in [0.15, 0.2) is 11.4 Å². The lowest BCUT2D eigenvalue weighted by Crippen LogP contribution is -2.50. The summed E-state index contributed by atoms with van der Waals surface area (Å²) in [6, 6.07) is 19.4. The molecule has 1 amide bonds. The molecule has 1 aliphatic carbocycles. The maximum absolute atomic E-state index is 13.4. The minimum Gasteiger partial charge on any atom is -0.497 e. The number of carbonyl (C=O) groups is 2. The van der Waals surface area contributed by atoms with Gasteiger partial charge in [-0.1, -0.05) is 48.7 Å². The number of hydrogen-bond donors (Lipinski definition) is 3. The molecule has 6 rings (SSSR count). The second-order valence-corrected chi connectivity index (χ2v) is 12.4. The number of ether oxygens (including phenoxy) is 2. The summed E-state index contributed by atoms with van der Waals surface area (Å²) in [5.41, 5.74) is 1.92. The molecule has 3 aromatic carbocycles. The number of aliphatic imine (C=N–C) groups is 1. The van der Waals surface area contributed by atoms with Crippen molar-refractivity contribution in [2.24, 2.45) is 10.9 Å². The topological polar surface area (TPSA) is 148 Å². The molecule has 244 valence electrons. The number of hydrogen-bond acceptors (Lipinski definition) is 8. The van der Waals surface area contributed by atoms with Gasteiger partial charge in [0, 0.05) is 28.6 Å². The van der Waals surface area contributed by atoms with Crippen molar-refractivity contribution in [2.45, 2.75) is 57.2 Å². The highest BCUT2D eigenvalue weighted by molar-refractivity contribution is 6.30. The fraction of sp³-hybridized carbons (Fsp3) is 0.343. The second-order valence-electron chi connectivity index (χ2n) is 12.0. The van der Waals surface area contributed by atoms with E-state index < -0.39 is 17.6 Å². The molecule has 0 bridgehead atoms. The highest BCUT2D eigenvalue weighted by atomic mass is 35.5. The maximum Gasteiger partial charge on any atom is 0.339 e. The number of aliphatic hydroxyl groups is 1. The van der Waals surface area contributed by atoms with Gasteiger partial charge in [-0.2, -0.15) is 0 Å². The average Bonchev–Trinajstić information content (AvgIpc) is 3.73. The van der Waals surface area contributed by atoms with Crippen LogP contribution in [0.1, 0.15) is 66.5 Å². The minimum absolute atomic E-state index is 0.00354. The Balaban J connectivity index is 1.21. The quantitative estimate of drug-likeness (QED) is 0.199. The molecule has 0 spiro atoms. The molecule has 3 N–H and O–H groups in total. The van der Waals surface area contributed by atoms with Gasteiger partial charge in [0.05, 0.1) is 24.9 Å². The Bertz CT molecular complexity index is 1820. The van der Waals surface area contributed by atoms with E-state index in [4.69, 9.17) is 26.1 Å². The third-order valence-corrected chi connectivity index (χ3v) is 9.13. The largest absolute Gasteiger partial charge is 0.497 e. The number of nitrogens with one attached hydrogen (secondary N) is 1. The monoisotopic (exact) mass is 657 g/mol. The van der Waals surface area contributed by atoms with Gasteiger partial charge in [0.2, 0.25) is 5.91 Å². The number of carboxylic acids is 1.